The number of amides is 3. The van der Waals surface area contributed by atoms with Crippen molar-refractivity contribution >= 4 is 23.9 Å². The number of aliphatic hydroxyl groups excluding tert-OH is 4. The number of nitrogens with one attached hydrogen (secondary N) is 2. The Balaban J connectivity index is 1.94. The number of H-pyrrole nitrogens is 1. The fourth-order valence-electron chi connectivity index (χ4n) is 4.55. The Kier molecular flexibility index (Phi) is 9.86. The number of rotatable bonds is 10. The molecule has 0 bridgehead atoms. The normalized spacial score (nSPS) is 27.5. The lowest BCUT2D eigenvalue weighted by molar-refractivity contribution is -0.157. The Bertz CT molecular complexity index is 1380. The molecule has 0 saturated carbocycles. The third-order valence-electron chi connectivity index (χ3n) is 6.95. The van der Waals surface area contributed by atoms with Gasteiger partial charge in [0.2, 0.25) is 11.8 Å². The largest absolute Gasteiger partial charge is 0.479 e. The van der Waals surface area contributed by atoms with Crippen LogP contribution in [0.15, 0.2) is 27.4 Å². The number of nitrogens with two attached hydrogens (primary N) is 2. The van der Waals surface area contributed by atoms with Gasteiger partial charge in [-0.05, 0) is 19.4 Å². The highest BCUT2D eigenvalue weighted by Gasteiger charge is 2.53. The number of carboxylic acid groups (broad SMARTS) is 1. The maximum Gasteiger partial charge on any atom is 0.404 e. The van der Waals surface area contributed by atoms with E-state index in [2.05, 4.69) is 10.1 Å². The third-order valence-corrected chi connectivity index (χ3v) is 6.95. The molecule has 11 N–H and O–H groups in total. The number of carbonyl (C=O) groups is 4. The first-order valence-electron chi connectivity index (χ1n) is 12.5. The molecular formula is C23H32N6O13. The van der Waals surface area contributed by atoms with Crippen molar-refractivity contribution in [3.63, 3.8) is 0 Å². The van der Waals surface area contributed by atoms with Gasteiger partial charge < -0.3 is 56.7 Å². The van der Waals surface area contributed by atoms with Crippen LogP contribution >= 0.6 is 0 Å². The van der Waals surface area contributed by atoms with Gasteiger partial charge >= 0.3 is 17.8 Å². The van der Waals surface area contributed by atoms with Crippen LogP contribution in [0.3, 0.4) is 0 Å². The number of aliphatic hydroxyl groups is 4. The van der Waals surface area contributed by atoms with Gasteiger partial charge in [-0.2, -0.15) is 0 Å². The summed E-state index contributed by atoms with van der Waals surface area (Å²) in [7, 11) is 0. The Hall–Kier alpha value is -4.14. The van der Waals surface area contributed by atoms with Crippen LogP contribution in [-0.4, -0.2) is 126 Å². The fraction of sp³-hybridized carbons (Fsp3) is 0.565. The molecular weight excluding hydrogens is 568 g/mol. The van der Waals surface area contributed by atoms with Crippen molar-refractivity contribution in [3.8, 4) is 0 Å². The molecule has 0 aromatic carbocycles. The lowest BCUT2D eigenvalue weighted by Crippen LogP contribution is -2.67. The lowest BCUT2D eigenvalue weighted by atomic mass is 9.92. The van der Waals surface area contributed by atoms with E-state index in [1.807, 2.05) is 4.98 Å². The molecule has 2 aliphatic heterocycles. The van der Waals surface area contributed by atoms with E-state index in [1.165, 1.54) is 13.0 Å². The Morgan fingerprint density at radius 3 is 2.45 bits per heavy atom. The zero-order valence-corrected chi connectivity index (χ0v) is 22.3. The molecule has 0 radical (unpaired) electrons. The number of hydrogen-bond donors (Lipinski definition) is 9. The minimum atomic E-state index is -2.07. The summed E-state index contributed by atoms with van der Waals surface area (Å²) in [5.41, 5.74) is 9.16. The van der Waals surface area contributed by atoms with Crippen LogP contribution in [0.2, 0.25) is 0 Å². The molecule has 3 heterocycles. The fourth-order valence-corrected chi connectivity index (χ4v) is 4.55. The number of ether oxygens (including phenoxy) is 2. The van der Waals surface area contributed by atoms with E-state index in [-0.39, 0.29) is 12.1 Å². The van der Waals surface area contributed by atoms with Crippen molar-refractivity contribution in [1.82, 2.24) is 19.8 Å². The molecule has 2 aliphatic rings. The molecule has 19 heteroatoms. The number of carboxylic acids is 1. The maximum absolute atomic E-state index is 13.6. The Morgan fingerprint density at radius 2 is 1.88 bits per heavy atom. The summed E-state index contributed by atoms with van der Waals surface area (Å²) < 4.78 is 10.8. The molecule has 0 aliphatic carbocycles. The molecule has 2 fully saturated rings. The lowest BCUT2D eigenvalue weighted by Gasteiger charge is -2.43. The molecule has 7 unspecified atom stereocenters. The smallest absolute Gasteiger partial charge is 0.404 e. The highest BCUT2D eigenvalue weighted by atomic mass is 16.6. The summed E-state index contributed by atoms with van der Waals surface area (Å²) in [4.78, 5) is 76.2. The van der Waals surface area contributed by atoms with Crippen LogP contribution in [0.25, 0.3) is 0 Å². The summed E-state index contributed by atoms with van der Waals surface area (Å²) in [6.07, 6.45) is -10.1. The van der Waals surface area contributed by atoms with E-state index in [9.17, 15) is 54.3 Å². The molecule has 3 rings (SSSR count). The first-order valence-corrected chi connectivity index (χ1v) is 12.5. The standard InChI is InChI=1S/C23H32N6O13/c1-3-8-5-28(12(8)21(37)38)19(36)11(26-18(35)10(24)13(31)9(30)6-41-22(25)39)16-14(32)15(33)20(42-16)29-4-7(2)17(34)27-23(29)40/h3-4,9-16,20,30-33H,5-6,24H2,1-2H3,(H2,25,39)(H,26,35)(H,37,38)(H,27,34,40)/b8-3+/t9?,10?,11-,12-,13?,14?,15?,16?,20?/m0/s1. The number of aromatic amines is 1. The summed E-state index contributed by atoms with van der Waals surface area (Å²) in [6.45, 7) is 1.88. The molecule has 0 spiro atoms. The van der Waals surface area contributed by atoms with Gasteiger partial charge in [-0.15, -0.1) is 0 Å². The molecule has 42 heavy (non-hydrogen) atoms. The topological polar surface area (TPSA) is 310 Å². The number of aryl methyl sites for hydroxylation is 1. The Labute approximate surface area is 235 Å². The second-order valence-electron chi connectivity index (χ2n) is 9.72. The molecule has 9 atom stereocenters. The number of likely N-dealkylation sites (tertiary alicyclic amines) is 1. The van der Waals surface area contributed by atoms with Gasteiger partial charge in [0, 0.05) is 18.3 Å². The number of primary amides is 1. The molecule has 1 aromatic rings. The van der Waals surface area contributed by atoms with Gasteiger partial charge in [0.1, 0.15) is 49.2 Å². The summed E-state index contributed by atoms with van der Waals surface area (Å²) in [5.74, 6) is -3.80. The van der Waals surface area contributed by atoms with Gasteiger partial charge in [-0.1, -0.05) is 6.08 Å². The highest BCUT2D eigenvalue weighted by Crippen LogP contribution is 2.33. The average molecular weight is 601 g/mol. The minimum absolute atomic E-state index is 0.0341. The van der Waals surface area contributed by atoms with Gasteiger partial charge in [-0.3, -0.25) is 23.9 Å². The number of hydrogen-bond acceptors (Lipinski definition) is 13. The highest BCUT2D eigenvalue weighted by molar-refractivity contribution is 5.95. The third kappa shape index (κ3) is 6.35. The van der Waals surface area contributed by atoms with E-state index in [0.717, 1.165) is 15.7 Å². The number of allylic oxidation sites excluding steroid dienone is 1. The van der Waals surface area contributed by atoms with Crippen molar-refractivity contribution in [2.45, 2.75) is 68.7 Å². The predicted octanol–water partition coefficient (Wildman–Crippen LogP) is -5.66. The first-order chi connectivity index (χ1) is 19.6. The maximum atomic E-state index is 13.6. The zero-order chi connectivity index (χ0) is 31.6. The van der Waals surface area contributed by atoms with Crippen LogP contribution in [0, 0.1) is 6.92 Å². The number of carbonyl (C=O) groups excluding carboxylic acids is 3. The van der Waals surface area contributed by atoms with E-state index >= 15 is 0 Å². The molecule has 1 aromatic heterocycles. The van der Waals surface area contributed by atoms with Gasteiger partial charge in [-0.25, -0.2) is 14.4 Å². The second-order valence-corrected chi connectivity index (χ2v) is 9.72. The van der Waals surface area contributed by atoms with E-state index < -0.39 is 96.6 Å². The van der Waals surface area contributed by atoms with Gasteiger partial charge in [0.15, 0.2) is 12.3 Å². The van der Waals surface area contributed by atoms with Crippen molar-refractivity contribution in [2.24, 2.45) is 11.5 Å². The summed E-state index contributed by atoms with van der Waals surface area (Å²) >= 11 is 0. The van der Waals surface area contributed by atoms with Crippen LogP contribution in [0.4, 0.5) is 4.79 Å². The van der Waals surface area contributed by atoms with Crippen molar-refractivity contribution in [1.29, 1.82) is 0 Å². The average Bonchev–Trinajstić information content (AvgIpc) is 3.19. The monoisotopic (exact) mass is 600 g/mol. The molecule has 3 amide bonds. The van der Waals surface area contributed by atoms with Crippen LogP contribution in [0.1, 0.15) is 18.7 Å². The SMILES string of the molecule is C/C=C1\CN(C(=O)[C@@H](NC(=O)C(N)C(O)C(O)COC(N)=O)C2OC(n3cc(C)c(=O)[nH]c3=O)C(O)C2O)[C@@H]1C(=O)O. The quantitative estimate of drug-likeness (QED) is 0.113. The Morgan fingerprint density at radius 1 is 1.24 bits per heavy atom. The summed E-state index contributed by atoms with van der Waals surface area (Å²) in [6, 6.07) is -5.37. The van der Waals surface area contributed by atoms with Crippen LogP contribution in [-0.2, 0) is 23.9 Å². The first kappa shape index (κ1) is 32.4. The molecule has 232 valence electrons. The second kappa shape index (κ2) is 12.8. The van der Waals surface area contributed by atoms with E-state index in [0.29, 0.717) is 5.57 Å². The summed E-state index contributed by atoms with van der Waals surface area (Å²) in [5, 5.41) is 53.6. The van der Waals surface area contributed by atoms with Gasteiger partial charge in [0.05, 0.1) is 0 Å². The number of nitrogens with zero attached hydrogens (tertiary/aromatic N) is 2. The number of aromatic nitrogens is 2. The van der Waals surface area contributed by atoms with Crippen molar-refractivity contribution in [3.05, 3.63) is 44.2 Å². The van der Waals surface area contributed by atoms with Crippen LogP contribution < -0.4 is 28.0 Å². The predicted molar refractivity (Wildman–Crippen MR) is 136 cm³/mol. The molecule has 2 saturated heterocycles. The van der Waals surface area contributed by atoms with E-state index in [1.54, 1.807) is 6.92 Å². The van der Waals surface area contributed by atoms with Crippen molar-refractivity contribution < 1.29 is 54.2 Å². The minimum Gasteiger partial charge on any atom is -0.479 e. The zero-order valence-electron chi connectivity index (χ0n) is 22.3. The molecule has 19 nitrogen and oxygen atoms in total. The van der Waals surface area contributed by atoms with Crippen LogP contribution in [0.5, 0.6) is 0 Å². The van der Waals surface area contributed by atoms with Gasteiger partial charge in [0.25, 0.3) is 5.56 Å². The van der Waals surface area contributed by atoms with E-state index in [4.69, 9.17) is 16.2 Å². The van der Waals surface area contributed by atoms with Crippen molar-refractivity contribution in [2.75, 3.05) is 13.2 Å². The number of aliphatic carboxylic acids is 1.